The Morgan fingerprint density at radius 1 is 1.43 bits per heavy atom. The van der Waals surface area contributed by atoms with Crippen molar-refractivity contribution >= 4 is 17.6 Å². The average molecular weight is 289 g/mol. The van der Waals surface area contributed by atoms with Crippen LogP contribution in [0.3, 0.4) is 0 Å². The Hall–Kier alpha value is -2.08. The van der Waals surface area contributed by atoms with Crippen LogP contribution in [0.15, 0.2) is 18.2 Å². The Morgan fingerprint density at radius 3 is 3.14 bits per heavy atom. The summed E-state index contributed by atoms with van der Waals surface area (Å²) in [6, 6.07) is 5.14. The van der Waals surface area contributed by atoms with Crippen LogP contribution in [0.2, 0.25) is 0 Å². The summed E-state index contributed by atoms with van der Waals surface area (Å²) in [7, 11) is 0. The van der Waals surface area contributed by atoms with Crippen molar-refractivity contribution < 1.29 is 14.3 Å². The highest BCUT2D eigenvalue weighted by Crippen LogP contribution is 2.20. The molecule has 1 atom stereocenters. The van der Waals surface area contributed by atoms with Crippen LogP contribution < -0.4 is 16.0 Å². The molecule has 3 N–H and O–H groups in total. The van der Waals surface area contributed by atoms with Gasteiger partial charge in [-0.2, -0.15) is 0 Å². The number of benzene rings is 1. The second-order valence-corrected chi connectivity index (χ2v) is 5.45. The summed E-state index contributed by atoms with van der Waals surface area (Å²) in [4.78, 5) is 23.4. The first-order valence-corrected chi connectivity index (χ1v) is 7.26. The zero-order chi connectivity index (χ0) is 14.7. The number of ether oxygens (including phenoxy) is 1. The van der Waals surface area contributed by atoms with E-state index in [9.17, 15) is 9.59 Å². The van der Waals surface area contributed by atoms with Crippen LogP contribution in [0.25, 0.3) is 0 Å². The van der Waals surface area contributed by atoms with Crippen LogP contribution in [-0.2, 0) is 11.3 Å². The molecule has 2 aliphatic rings. The molecule has 1 aromatic carbocycles. The summed E-state index contributed by atoms with van der Waals surface area (Å²) in [5.41, 5.74) is 2.25. The van der Waals surface area contributed by atoms with Crippen molar-refractivity contribution in [2.45, 2.75) is 19.4 Å². The predicted octanol–water partition coefficient (Wildman–Crippen LogP) is 1.48. The third kappa shape index (κ3) is 3.33. The van der Waals surface area contributed by atoms with Crippen molar-refractivity contribution in [3.8, 4) is 0 Å². The van der Waals surface area contributed by atoms with Gasteiger partial charge >= 0.3 is 6.03 Å². The number of nitrogens with one attached hydrogen (secondary N) is 3. The SMILES string of the molecule is O=C1NCc2ccc(C(=O)NCCC3CCOC3)cc2N1. The average Bonchev–Trinajstić information content (AvgIpc) is 2.99. The molecule has 112 valence electrons. The van der Waals surface area contributed by atoms with E-state index in [1.165, 1.54) is 0 Å². The van der Waals surface area contributed by atoms with Gasteiger partial charge in [-0.05, 0) is 36.5 Å². The van der Waals surface area contributed by atoms with Crippen molar-refractivity contribution in [1.29, 1.82) is 0 Å². The minimum Gasteiger partial charge on any atom is -0.381 e. The van der Waals surface area contributed by atoms with E-state index in [0.717, 1.165) is 31.6 Å². The van der Waals surface area contributed by atoms with Gasteiger partial charge in [0.05, 0.1) is 0 Å². The molecule has 0 aliphatic carbocycles. The van der Waals surface area contributed by atoms with Gasteiger partial charge in [0.15, 0.2) is 0 Å². The quantitative estimate of drug-likeness (QED) is 0.785. The van der Waals surface area contributed by atoms with E-state index in [0.29, 0.717) is 30.3 Å². The number of hydrogen-bond acceptors (Lipinski definition) is 3. The lowest BCUT2D eigenvalue weighted by Gasteiger charge is -2.18. The normalized spacial score (nSPS) is 20.4. The van der Waals surface area contributed by atoms with Gasteiger partial charge in [-0.1, -0.05) is 6.07 Å². The molecule has 0 bridgehead atoms. The molecule has 0 radical (unpaired) electrons. The lowest BCUT2D eigenvalue weighted by Crippen LogP contribution is -2.33. The molecule has 0 spiro atoms. The predicted molar refractivity (Wildman–Crippen MR) is 78.2 cm³/mol. The van der Waals surface area contributed by atoms with Gasteiger partial charge < -0.3 is 20.7 Å². The third-order valence-corrected chi connectivity index (χ3v) is 3.92. The molecule has 0 saturated carbocycles. The number of rotatable bonds is 4. The molecule has 6 heteroatoms. The maximum atomic E-state index is 12.1. The summed E-state index contributed by atoms with van der Waals surface area (Å²) >= 11 is 0. The van der Waals surface area contributed by atoms with Gasteiger partial charge in [-0.15, -0.1) is 0 Å². The second kappa shape index (κ2) is 6.13. The molecule has 0 aromatic heterocycles. The first kappa shape index (κ1) is 13.9. The highest BCUT2D eigenvalue weighted by Gasteiger charge is 2.17. The maximum Gasteiger partial charge on any atom is 0.319 e. The fourth-order valence-electron chi connectivity index (χ4n) is 2.63. The van der Waals surface area contributed by atoms with Crippen molar-refractivity contribution in [3.05, 3.63) is 29.3 Å². The molecular weight excluding hydrogens is 270 g/mol. The van der Waals surface area contributed by atoms with Crippen molar-refractivity contribution in [1.82, 2.24) is 10.6 Å². The van der Waals surface area contributed by atoms with E-state index in [-0.39, 0.29) is 11.9 Å². The molecule has 1 unspecified atom stereocenters. The van der Waals surface area contributed by atoms with Gasteiger partial charge in [0, 0.05) is 37.6 Å². The molecule has 2 aliphatic heterocycles. The number of carbonyl (C=O) groups excluding carboxylic acids is 2. The fraction of sp³-hybridized carbons (Fsp3) is 0.467. The van der Waals surface area contributed by atoms with Crippen LogP contribution >= 0.6 is 0 Å². The van der Waals surface area contributed by atoms with E-state index in [2.05, 4.69) is 16.0 Å². The number of hydrogen-bond donors (Lipinski definition) is 3. The summed E-state index contributed by atoms with van der Waals surface area (Å²) in [6.07, 6.45) is 2.02. The number of urea groups is 1. The molecule has 1 saturated heterocycles. The molecule has 3 amide bonds. The van der Waals surface area contributed by atoms with E-state index in [1.807, 2.05) is 6.07 Å². The lowest BCUT2D eigenvalue weighted by atomic mass is 10.0. The van der Waals surface area contributed by atoms with Gasteiger partial charge in [-0.25, -0.2) is 4.79 Å². The van der Waals surface area contributed by atoms with Crippen LogP contribution in [-0.4, -0.2) is 31.7 Å². The Labute approximate surface area is 123 Å². The van der Waals surface area contributed by atoms with Gasteiger partial charge in [0.2, 0.25) is 0 Å². The summed E-state index contributed by atoms with van der Waals surface area (Å²) in [5.74, 6) is 0.448. The number of carbonyl (C=O) groups is 2. The minimum absolute atomic E-state index is 0.107. The number of amides is 3. The monoisotopic (exact) mass is 289 g/mol. The Balaban J connectivity index is 1.56. The Morgan fingerprint density at radius 2 is 2.33 bits per heavy atom. The van der Waals surface area contributed by atoms with E-state index < -0.39 is 0 Å². The van der Waals surface area contributed by atoms with Crippen molar-refractivity contribution in [2.75, 3.05) is 25.1 Å². The van der Waals surface area contributed by atoms with Gasteiger partial charge in [-0.3, -0.25) is 4.79 Å². The molecule has 6 nitrogen and oxygen atoms in total. The van der Waals surface area contributed by atoms with E-state index in [1.54, 1.807) is 12.1 Å². The van der Waals surface area contributed by atoms with Gasteiger partial charge in [0.1, 0.15) is 0 Å². The Kier molecular flexibility index (Phi) is 4.06. The van der Waals surface area contributed by atoms with Crippen LogP contribution in [0, 0.1) is 5.92 Å². The van der Waals surface area contributed by atoms with Crippen LogP contribution in [0.5, 0.6) is 0 Å². The molecular formula is C15H19N3O3. The lowest BCUT2D eigenvalue weighted by molar-refractivity contribution is 0.0950. The molecule has 2 heterocycles. The van der Waals surface area contributed by atoms with Crippen LogP contribution in [0.1, 0.15) is 28.8 Å². The summed E-state index contributed by atoms with van der Waals surface area (Å²) in [6.45, 7) is 2.77. The standard InChI is InChI=1S/C15H19N3O3/c19-14(16-5-3-10-4-6-21-9-10)11-1-2-12-8-17-15(20)18-13(12)7-11/h1-2,7,10H,3-6,8-9H2,(H,16,19)(H2,17,18,20). The highest BCUT2D eigenvalue weighted by atomic mass is 16.5. The zero-order valence-corrected chi connectivity index (χ0v) is 11.8. The highest BCUT2D eigenvalue weighted by molar-refractivity contribution is 5.98. The minimum atomic E-state index is -0.235. The van der Waals surface area contributed by atoms with Crippen LogP contribution in [0.4, 0.5) is 10.5 Å². The van der Waals surface area contributed by atoms with Gasteiger partial charge in [0.25, 0.3) is 5.91 Å². The first-order valence-electron chi connectivity index (χ1n) is 7.26. The zero-order valence-electron chi connectivity index (χ0n) is 11.8. The molecule has 1 aromatic rings. The second-order valence-electron chi connectivity index (χ2n) is 5.45. The largest absolute Gasteiger partial charge is 0.381 e. The number of fused-ring (bicyclic) bond motifs is 1. The smallest absolute Gasteiger partial charge is 0.319 e. The van der Waals surface area contributed by atoms with Crippen molar-refractivity contribution in [3.63, 3.8) is 0 Å². The fourth-order valence-corrected chi connectivity index (χ4v) is 2.63. The van der Waals surface area contributed by atoms with Crippen molar-refractivity contribution in [2.24, 2.45) is 5.92 Å². The summed E-state index contributed by atoms with van der Waals surface area (Å²) in [5, 5.41) is 8.32. The van der Waals surface area contributed by atoms with E-state index >= 15 is 0 Å². The molecule has 3 rings (SSSR count). The topological polar surface area (TPSA) is 79.5 Å². The Bertz CT molecular complexity index is 553. The number of anilines is 1. The maximum absolute atomic E-state index is 12.1. The first-order chi connectivity index (χ1) is 10.2. The van der Waals surface area contributed by atoms with E-state index in [4.69, 9.17) is 4.74 Å². The third-order valence-electron chi connectivity index (χ3n) is 3.92. The molecule has 21 heavy (non-hydrogen) atoms. The summed E-state index contributed by atoms with van der Waals surface area (Å²) < 4.78 is 5.31. The molecule has 1 fully saturated rings.